The van der Waals surface area contributed by atoms with Gasteiger partial charge in [-0.3, -0.25) is 14.5 Å². The van der Waals surface area contributed by atoms with Crippen LogP contribution >= 0.6 is 11.6 Å². The number of methoxy groups -OCH3 is 1. The van der Waals surface area contributed by atoms with Crippen molar-refractivity contribution >= 4 is 34.7 Å². The summed E-state index contributed by atoms with van der Waals surface area (Å²) < 4.78 is 5.30. The number of carbonyl (C=O) groups is 2. The monoisotopic (exact) mass is 531 g/mol. The number of rotatable bonds is 4. The first-order chi connectivity index (χ1) is 17.7. The van der Waals surface area contributed by atoms with E-state index in [0.29, 0.717) is 22.0 Å². The topological polar surface area (TPSA) is 66.8 Å². The van der Waals surface area contributed by atoms with E-state index in [1.54, 1.807) is 18.2 Å². The Hall–Kier alpha value is -3.57. The molecule has 0 aliphatic carbocycles. The number of aliphatic hydroxyl groups is 1. The molecule has 38 heavy (non-hydrogen) atoms. The van der Waals surface area contributed by atoms with E-state index in [2.05, 4.69) is 41.5 Å². The smallest absolute Gasteiger partial charge is 0.300 e. The largest absolute Gasteiger partial charge is 0.507 e. The van der Waals surface area contributed by atoms with Crippen molar-refractivity contribution in [1.82, 2.24) is 0 Å². The van der Waals surface area contributed by atoms with Gasteiger partial charge in [0, 0.05) is 11.3 Å². The first kappa shape index (κ1) is 27.5. The second kappa shape index (κ2) is 9.95. The summed E-state index contributed by atoms with van der Waals surface area (Å²) in [5, 5.41) is 11.8. The van der Waals surface area contributed by atoms with Gasteiger partial charge in [0.1, 0.15) is 11.5 Å². The van der Waals surface area contributed by atoms with Crippen LogP contribution in [0.15, 0.2) is 72.3 Å². The van der Waals surface area contributed by atoms with Gasteiger partial charge in [-0.25, -0.2) is 0 Å². The molecule has 3 aromatic rings. The van der Waals surface area contributed by atoms with Gasteiger partial charge in [-0.05, 0) is 57.9 Å². The van der Waals surface area contributed by atoms with Crippen LogP contribution in [0, 0.1) is 0 Å². The van der Waals surface area contributed by atoms with Gasteiger partial charge < -0.3 is 9.84 Å². The summed E-state index contributed by atoms with van der Waals surface area (Å²) in [7, 11) is 1.47. The summed E-state index contributed by atoms with van der Waals surface area (Å²) in [6.45, 7) is 12.7. The third-order valence-corrected chi connectivity index (χ3v) is 7.29. The standard InChI is InChI=1S/C32H34ClNO4/c1-31(2,3)21-11-8-19(9-12-21)27-26(28(35)20-10-17-24(33)25(18-20)38-7)29(36)30(37)34(27)23-15-13-22(14-16-23)32(4,5)6/h8-18,27,35H,1-7H3/b28-26-. The third-order valence-electron chi connectivity index (χ3n) is 6.97. The zero-order valence-corrected chi connectivity index (χ0v) is 23.7. The Morgan fingerprint density at radius 3 is 1.87 bits per heavy atom. The molecule has 1 saturated heterocycles. The van der Waals surface area contributed by atoms with Gasteiger partial charge in [-0.1, -0.05) is 89.5 Å². The molecule has 1 fully saturated rings. The molecule has 1 aliphatic rings. The quantitative estimate of drug-likeness (QED) is 0.214. The Labute approximate surface area is 229 Å². The Balaban J connectivity index is 1.92. The number of ketones is 1. The molecular formula is C32H34ClNO4. The second-order valence-electron chi connectivity index (χ2n) is 11.7. The van der Waals surface area contributed by atoms with Gasteiger partial charge in [0.25, 0.3) is 11.7 Å². The zero-order valence-electron chi connectivity index (χ0n) is 22.9. The van der Waals surface area contributed by atoms with Crippen molar-refractivity contribution in [3.05, 3.63) is 99.6 Å². The highest BCUT2D eigenvalue weighted by molar-refractivity contribution is 6.51. The number of hydrogen-bond acceptors (Lipinski definition) is 4. The number of hydrogen-bond donors (Lipinski definition) is 1. The highest BCUT2D eigenvalue weighted by Crippen LogP contribution is 2.43. The molecule has 6 heteroatoms. The Morgan fingerprint density at radius 1 is 0.842 bits per heavy atom. The van der Waals surface area contributed by atoms with E-state index >= 15 is 0 Å². The van der Waals surface area contributed by atoms with Gasteiger partial charge in [0.05, 0.1) is 23.7 Å². The predicted molar refractivity (Wildman–Crippen MR) is 153 cm³/mol. The van der Waals surface area contributed by atoms with E-state index in [9.17, 15) is 14.7 Å². The summed E-state index contributed by atoms with van der Waals surface area (Å²) in [4.78, 5) is 28.5. The normalized spacial score (nSPS) is 17.7. The highest BCUT2D eigenvalue weighted by atomic mass is 35.5. The number of anilines is 1. The Morgan fingerprint density at radius 2 is 1.37 bits per heavy atom. The molecule has 1 heterocycles. The van der Waals surface area contributed by atoms with Crippen molar-refractivity contribution in [3.8, 4) is 5.75 Å². The molecule has 1 N–H and O–H groups in total. The summed E-state index contributed by atoms with van der Waals surface area (Å²) in [5.41, 5.74) is 3.75. The molecule has 0 spiro atoms. The van der Waals surface area contributed by atoms with E-state index in [1.165, 1.54) is 12.0 Å². The number of ether oxygens (including phenoxy) is 1. The minimum atomic E-state index is -0.814. The van der Waals surface area contributed by atoms with Crippen molar-refractivity contribution in [3.63, 3.8) is 0 Å². The van der Waals surface area contributed by atoms with Gasteiger partial charge in [0.15, 0.2) is 0 Å². The van der Waals surface area contributed by atoms with E-state index in [-0.39, 0.29) is 22.2 Å². The maximum atomic E-state index is 13.5. The maximum Gasteiger partial charge on any atom is 0.300 e. The fraction of sp³-hybridized carbons (Fsp3) is 0.312. The molecule has 198 valence electrons. The number of halogens is 1. The fourth-order valence-electron chi connectivity index (χ4n) is 4.66. The van der Waals surface area contributed by atoms with Gasteiger partial charge in [-0.15, -0.1) is 0 Å². The summed E-state index contributed by atoms with van der Waals surface area (Å²) in [5.74, 6) is -1.37. The average molecular weight is 532 g/mol. The minimum Gasteiger partial charge on any atom is -0.507 e. The van der Waals surface area contributed by atoms with Crippen molar-refractivity contribution < 1.29 is 19.4 Å². The Kier molecular flexibility index (Phi) is 7.19. The zero-order chi connectivity index (χ0) is 28.0. The molecule has 0 radical (unpaired) electrons. The molecule has 0 aromatic heterocycles. The molecule has 0 saturated carbocycles. The van der Waals surface area contributed by atoms with Gasteiger partial charge in [-0.2, -0.15) is 0 Å². The van der Waals surface area contributed by atoms with Crippen LogP contribution in [-0.2, 0) is 20.4 Å². The van der Waals surface area contributed by atoms with Crippen molar-refractivity contribution in [1.29, 1.82) is 0 Å². The predicted octanol–water partition coefficient (Wildman–Crippen LogP) is 7.57. The molecule has 4 rings (SSSR count). The molecule has 1 aliphatic heterocycles. The number of carbonyl (C=O) groups excluding carboxylic acids is 2. The van der Waals surface area contributed by atoms with Gasteiger partial charge in [0.2, 0.25) is 0 Å². The molecular weight excluding hydrogens is 498 g/mol. The third kappa shape index (κ3) is 5.08. The summed E-state index contributed by atoms with van der Waals surface area (Å²) >= 11 is 6.18. The lowest BCUT2D eigenvalue weighted by Gasteiger charge is -2.27. The van der Waals surface area contributed by atoms with Crippen LogP contribution in [0.5, 0.6) is 5.75 Å². The summed E-state index contributed by atoms with van der Waals surface area (Å²) in [6.07, 6.45) is 0. The lowest BCUT2D eigenvalue weighted by Crippen LogP contribution is -2.29. The average Bonchev–Trinajstić information content (AvgIpc) is 3.13. The first-order valence-electron chi connectivity index (χ1n) is 12.6. The highest BCUT2D eigenvalue weighted by Gasteiger charge is 2.47. The fourth-order valence-corrected chi connectivity index (χ4v) is 4.86. The van der Waals surface area contributed by atoms with Gasteiger partial charge >= 0.3 is 0 Å². The van der Waals surface area contributed by atoms with Crippen LogP contribution < -0.4 is 9.64 Å². The molecule has 1 unspecified atom stereocenters. The van der Waals surface area contributed by atoms with Crippen LogP contribution in [-0.4, -0.2) is 23.9 Å². The van der Waals surface area contributed by atoms with E-state index in [4.69, 9.17) is 16.3 Å². The number of aliphatic hydroxyl groups excluding tert-OH is 1. The van der Waals surface area contributed by atoms with E-state index in [0.717, 1.165) is 16.7 Å². The number of benzene rings is 3. The number of Topliss-reactive ketones (excluding diaryl/α,β-unsaturated/α-hetero) is 1. The second-order valence-corrected chi connectivity index (χ2v) is 12.1. The molecule has 3 aromatic carbocycles. The molecule has 1 atom stereocenters. The van der Waals surface area contributed by atoms with Crippen molar-refractivity contribution in [2.24, 2.45) is 0 Å². The van der Waals surface area contributed by atoms with Crippen LogP contribution in [0.3, 0.4) is 0 Å². The summed E-state index contributed by atoms with van der Waals surface area (Å²) in [6, 6.07) is 19.4. The SMILES string of the molecule is COc1cc(/C(O)=C2/C(=O)C(=O)N(c3ccc(C(C)(C)C)cc3)C2c2ccc(C(C)(C)C)cc2)ccc1Cl. The Bertz CT molecular complexity index is 1410. The minimum absolute atomic E-state index is 0.0165. The van der Waals surface area contributed by atoms with Crippen LogP contribution in [0.1, 0.15) is 69.8 Å². The molecule has 5 nitrogen and oxygen atoms in total. The van der Waals surface area contributed by atoms with Crippen LogP contribution in [0.25, 0.3) is 5.76 Å². The van der Waals surface area contributed by atoms with Crippen molar-refractivity contribution in [2.75, 3.05) is 12.0 Å². The molecule has 1 amide bonds. The first-order valence-corrected chi connectivity index (χ1v) is 13.0. The van der Waals surface area contributed by atoms with E-state index in [1.807, 2.05) is 48.5 Å². The lowest BCUT2D eigenvalue weighted by molar-refractivity contribution is -0.132. The van der Waals surface area contributed by atoms with Crippen LogP contribution in [0.2, 0.25) is 5.02 Å². The molecule has 0 bridgehead atoms. The van der Waals surface area contributed by atoms with Crippen LogP contribution in [0.4, 0.5) is 5.69 Å². The van der Waals surface area contributed by atoms with Crippen molar-refractivity contribution in [2.45, 2.75) is 58.4 Å². The van der Waals surface area contributed by atoms with E-state index < -0.39 is 17.7 Å². The number of amides is 1. The lowest BCUT2D eigenvalue weighted by atomic mass is 9.85. The maximum absolute atomic E-state index is 13.5. The number of nitrogens with zero attached hydrogens (tertiary/aromatic N) is 1.